The van der Waals surface area contributed by atoms with Crippen molar-refractivity contribution < 1.29 is 17.9 Å². The van der Waals surface area contributed by atoms with Crippen LogP contribution in [0.4, 0.5) is 0 Å². The first kappa shape index (κ1) is 23.1. The number of sulfonamides is 1. The molecule has 3 atom stereocenters. The molecule has 1 N–H and O–H groups in total. The molecule has 1 amide bonds. The third-order valence-corrected chi connectivity index (χ3v) is 7.09. The monoisotopic (exact) mass is 431 g/mol. The van der Waals surface area contributed by atoms with Gasteiger partial charge in [0.25, 0.3) is 5.91 Å². The molecule has 0 aliphatic carbocycles. The zero-order valence-corrected chi connectivity index (χ0v) is 18.3. The van der Waals surface area contributed by atoms with Crippen molar-refractivity contribution in [1.82, 2.24) is 14.5 Å². The first-order valence-electron chi connectivity index (χ1n) is 9.53. The number of morpholine rings is 1. The van der Waals surface area contributed by atoms with Gasteiger partial charge in [0.05, 0.1) is 17.1 Å². The molecule has 2 fully saturated rings. The van der Waals surface area contributed by atoms with Crippen LogP contribution in [-0.4, -0.2) is 75.0 Å². The normalized spacial score (nSPS) is 26.5. The predicted octanol–water partition coefficient (Wildman–Crippen LogP) is 1.73. The number of likely N-dealkylation sites (N-methyl/N-ethyl adjacent to an activating group) is 1. The number of nitrogens with one attached hydrogen (secondary N) is 1. The number of hydrogen-bond donors (Lipinski definition) is 1. The van der Waals surface area contributed by atoms with Crippen LogP contribution in [-0.2, 0) is 14.8 Å². The van der Waals surface area contributed by atoms with Gasteiger partial charge in [-0.15, -0.1) is 12.4 Å². The van der Waals surface area contributed by atoms with E-state index in [1.165, 1.54) is 16.4 Å². The molecule has 2 saturated heterocycles. The van der Waals surface area contributed by atoms with E-state index in [1.54, 1.807) is 12.1 Å². The number of ether oxygens (including phenoxy) is 1. The molecule has 158 valence electrons. The molecule has 2 heterocycles. The van der Waals surface area contributed by atoms with Crippen LogP contribution in [0, 0.1) is 0 Å². The maximum absolute atomic E-state index is 12.9. The first-order chi connectivity index (χ1) is 12.8. The second-order valence-corrected chi connectivity index (χ2v) is 9.42. The van der Waals surface area contributed by atoms with E-state index < -0.39 is 10.0 Å². The highest BCUT2D eigenvalue weighted by molar-refractivity contribution is 7.89. The van der Waals surface area contributed by atoms with E-state index in [4.69, 9.17) is 4.74 Å². The van der Waals surface area contributed by atoms with Crippen LogP contribution in [0.15, 0.2) is 29.2 Å². The molecule has 3 rings (SSSR count). The van der Waals surface area contributed by atoms with Crippen LogP contribution < -0.4 is 5.32 Å². The standard InChI is InChI=1S/C19H29N3O4S.ClH/c1-14-11-22(12-15(2)26-14)27(24,25)18-8-6-16(7-9-18)19(23)21-10-4-5-17(13-21)20-3;/h6-9,14-15,17,20H,4-5,10-13H2,1-3H3;1H. The van der Waals surface area contributed by atoms with E-state index in [-0.39, 0.29) is 35.4 Å². The van der Waals surface area contributed by atoms with Gasteiger partial charge in [-0.2, -0.15) is 4.31 Å². The number of piperidine rings is 1. The molecule has 2 aliphatic rings. The van der Waals surface area contributed by atoms with Crippen molar-refractivity contribution in [1.29, 1.82) is 0 Å². The van der Waals surface area contributed by atoms with Crippen molar-refractivity contribution in [3.05, 3.63) is 29.8 Å². The summed E-state index contributed by atoms with van der Waals surface area (Å²) in [5.41, 5.74) is 0.523. The Kier molecular flexibility index (Phi) is 7.87. The zero-order valence-electron chi connectivity index (χ0n) is 16.6. The fraction of sp³-hybridized carbons (Fsp3) is 0.632. The minimum atomic E-state index is -3.59. The van der Waals surface area contributed by atoms with E-state index in [0.717, 1.165) is 19.4 Å². The average Bonchev–Trinajstić information content (AvgIpc) is 2.67. The second-order valence-electron chi connectivity index (χ2n) is 7.48. The number of nitrogens with zero attached hydrogens (tertiary/aromatic N) is 2. The van der Waals surface area contributed by atoms with Crippen LogP contribution in [0.5, 0.6) is 0 Å². The lowest BCUT2D eigenvalue weighted by atomic mass is 10.0. The number of carbonyl (C=O) groups excluding carboxylic acids is 1. The molecule has 0 radical (unpaired) electrons. The average molecular weight is 432 g/mol. The number of amides is 1. The van der Waals surface area contributed by atoms with Gasteiger partial charge >= 0.3 is 0 Å². The van der Waals surface area contributed by atoms with Crippen molar-refractivity contribution >= 4 is 28.3 Å². The summed E-state index contributed by atoms with van der Waals surface area (Å²) in [4.78, 5) is 14.8. The molecule has 0 spiro atoms. The fourth-order valence-corrected chi connectivity index (χ4v) is 5.42. The van der Waals surface area contributed by atoms with Gasteiger partial charge in [0.2, 0.25) is 10.0 Å². The molecular weight excluding hydrogens is 402 g/mol. The molecular formula is C19H30ClN3O4S. The van der Waals surface area contributed by atoms with E-state index in [0.29, 0.717) is 31.2 Å². The SMILES string of the molecule is CNC1CCCN(C(=O)c2ccc(S(=O)(=O)N3CC(C)OC(C)C3)cc2)C1.Cl. The van der Waals surface area contributed by atoms with Crippen molar-refractivity contribution in [2.24, 2.45) is 0 Å². The maximum atomic E-state index is 12.9. The lowest BCUT2D eigenvalue weighted by molar-refractivity contribution is -0.0440. The third kappa shape index (κ3) is 5.04. The largest absolute Gasteiger partial charge is 0.373 e. The molecule has 1 aromatic carbocycles. The molecule has 2 aliphatic heterocycles. The first-order valence-corrected chi connectivity index (χ1v) is 11.0. The summed E-state index contributed by atoms with van der Waals surface area (Å²) in [5.74, 6) is -0.0486. The van der Waals surface area contributed by atoms with Gasteiger partial charge in [0, 0.05) is 37.8 Å². The Balaban J connectivity index is 0.00000280. The summed E-state index contributed by atoms with van der Waals surface area (Å²) in [6.45, 7) is 5.84. The van der Waals surface area contributed by atoms with Gasteiger partial charge in [0.1, 0.15) is 0 Å². The lowest BCUT2D eigenvalue weighted by Gasteiger charge is -2.34. The fourth-order valence-electron chi connectivity index (χ4n) is 3.83. The van der Waals surface area contributed by atoms with Crippen LogP contribution in [0.25, 0.3) is 0 Å². The zero-order chi connectivity index (χ0) is 19.6. The number of benzene rings is 1. The number of rotatable bonds is 4. The third-order valence-electron chi connectivity index (χ3n) is 5.24. The van der Waals surface area contributed by atoms with Gasteiger partial charge in [0.15, 0.2) is 0 Å². The number of halogens is 1. The Morgan fingerprint density at radius 3 is 2.29 bits per heavy atom. The van der Waals surface area contributed by atoms with E-state index >= 15 is 0 Å². The van der Waals surface area contributed by atoms with Crippen LogP contribution >= 0.6 is 12.4 Å². The molecule has 3 unspecified atom stereocenters. The summed E-state index contributed by atoms with van der Waals surface area (Å²) >= 11 is 0. The molecule has 7 nitrogen and oxygen atoms in total. The topological polar surface area (TPSA) is 79.0 Å². The smallest absolute Gasteiger partial charge is 0.253 e. The summed E-state index contributed by atoms with van der Waals surface area (Å²) < 4.78 is 32.9. The van der Waals surface area contributed by atoms with Gasteiger partial charge in [-0.1, -0.05) is 0 Å². The Hall–Kier alpha value is -1.19. The Morgan fingerprint density at radius 1 is 1.11 bits per heavy atom. The predicted molar refractivity (Wildman–Crippen MR) is 110 cm³/mol. The maximum Gasteiger partial charge on any atom is 0.253 e. The highest BCUT2D eigenvalue weighted by Crippen LogP contribution is 2.22. The minimum Gasteiger partial charge on any atom is -0.373 e. The van der Waals surface area contributed by atoms with Crippen molar-refractivity contribution in [3.8, 4) is 0 Å². The molecule has 0 saturated carbocycles. The van der Waals surface area contributed by atoms with Gasteiger partial charge in [-0.05, 0) is 58.0 Å². The minimum absolute atomic E-state index is 0. The van der Waals surface area contributed by atoms with E-state index in [1.807, 2.05) is 25.8 Å². The van der Waals surface area contributed by atoms with E-state index in [9.17, 15) is 13.2 Å². The number of carbonyl (C=O) groups is 1. The van der Waals surface area contributed by atoms with Crippen molar-refractivity contribution in [3.63, 3.8) is 0 Å². The quantitative estimate of drug-likeness (QED) is 0.785. The van der Waals surface area contributed by atoms with E-state index in [2.05, 4.69) is 5.32 Å². The van der Waals surface area contributed by atoms with Crippen LogP contribution in [0.3, 0.4) is 0 Å². The summed E-state index contributed by atoms with van der Waals surface area (Å²) in [5, 5.41) is 3.22. The Bertz CT molecular complexity index is 762. The Labute approximate surface area is 173 Å². The summed E-state index contributed by atoms with van der Waals surface area (Å²) in [6.07, 6.45) is 1.76. The summed E-state index contributed by atoms with van der Waals surface area (Å²) in [7, 11) is -1.68. The highest BCUT2D eigenvalue weighted by Gasteiger charge is 2.32. The molecule has 0 aromatic heterocycles. The molecule has 1 aromatic rings. The van der Waals surface area contributed by atoms with Gasteiger partial charge in [-0.3, -0.25) is 4.79 Å². The number of likely N-dealkylation sites (tertiary alicyclic amines) is 1. The van der Waals surface area contributed by atoms with Crippen molar-refractivity contribution in [2.45, 2.75) is 49.8 Å². The van der Waals surface area contributed by atoms with Crippen LogP contribution in [0.2, 0.25) is 0 Å². The highest BCUT2D eigenvalue weighted by atomic mass is 35.5. The Morgan fingerprint density at radius 2 is 1.71 bits per heavy atom. The molecule has 0 bridgehead atoms. The second kappa shape index (κ2) is 9.54. The van der Waals surface area contributed by atoms with Gasteiger partial charge in [-0.25, -0.2) is 8.42 Å². The lowest BCUT2D eigenvalue weighted by Crippen LogP contribution is -2.48. The molecule has 9 heteroatoms. The van der Waals surface area contributed by atoms with Gasteiger partial charge < -0.3 is 15.0 Å². The number of hydrogen-bond acceptors (Lipinski definition) is 5. The summed E-state index contributed by atoms with van der Waals surface area (Å²) in [6, 6.07) is 6.61. The van der Waals surface area contributed by atoms with Crippen molar-refractivity contribution in [2.75, 3.05) is 33.2 Å². The van der Waals surface area contributed by atoms with Crippen LogP contribution in [0.1, 0.15) is 37.0 Å². The molecule has 28 heavy (non-hydrogen) atoms.